The first-order valence-electron chi connectivity index (χ1n) is 9.89. The number of hydrogen-bond donors (Lipinski definition) is 0. The van der Waals surface area contributed by atoms with Crippen molar-refractivity contribution in [3.8, 4) is 0 Å². The Hall–Kier alpha value is -0.180. The first-order valence-corrected chi connectivity index (χ1v) is 9.89. The zero-order valence-corrected chi connectivity index (χ0v) is 14.9. The van der Waals surface area contributed by atoms with Gasteiger partial charge in [0, 0.05) is 7.11 Å². The average Bonchev–Trinajstić information content (AvgIpc) is 2.55. The summed E-state index contributed by atoms with van der Waals surface area (Å²) in [5, 5.41) is 0. The van der Waals surface area contributed by atoms with E-state index in [1.807, 2.05) is 0 Å². The summed E-state index contributed by atoms with van der Waals surface area (Å²) in [6, 6.07) is 0. The molecule has 6 unspecified atom stereocenters. The number of halogens is 2. The molecule has 3 heteroatoms. The fourth-order valence-corrected chi connectivity index (χ4v) is 5.66. The van der Waals surface area contributed by atoms with E-state index in [1.54, 1.807) is 7.11 Å². The van der Waals surface area contributed by atoms with E-state index in [9.17, 15) is 8.78 Å². The number of methoxy groups -OCH3 is 1. The van der Waals surface area contributed by atoms with Crippen molar-refractivity contribution in [2.75, 3.05) is 7.11 Å². The molecule has 0 amide bonds. The molecule has 3 rings (SSSR count). The summed E-state index contributed by atoms with van der Waals surface area (Å²) in [7, 11) is 1.59. The molecular formula is C20H34F2O. The number of ether oxygens (including phenoxy) is 1. The topological polar surface area (TPSA) is 9.23 Å². The third kappa shape index (κ3) is 4.08. The first-order chi connectivity index (χ1) is 11.1. The average molecular weight is 328 g/mol. The molecule has 0 bridgehead atoms. The number of rotatable bonds is 3. The molecule has 23 heavy (non-hydrogen) atoms. The second-order valence-electron chi connectivity index (χ2n) is 8.64. The first kappa shape index (κ1) is 17.6. The predicted molar refractivity (Wildman–Crippen MR) is 89.9 cm³/mol. The van der Waals surface area contributed by atoms with Gasteiger partial charge in [0.1, 0.15) is 12.3 Å². The van der Waals surface area contributed by atoms with Crippen molar-refractivity contribution in [2.24, 2.45) is 29.6 Å². The van der Waals surface area contributed by atoms with Crippen LogP contribution in [0.4, 0.5) is 8.78 Å². The molecule has 3 fully saturated rings. The monoisotopic (exact) mass is 328 g/mol. The van der Waals surface area contributed by atoms with Crippen LogP contribution >= 0.6 is 0 Å². The summed E-state index contributed by atoms with van der Waals surface area (Å²) in [5.74, 6) is 2.54. The van der Waals surface area contributed by atoms with Crippen LogP contribution in [0.25, 0.3) is 0 Å². The van der Waals surface area contributed by atoms with Crippen molar-refractivity contribution in [3.05, 3.63) is 0 Å². The summed E-state index contributed by atoms with van der Waals surface area (Å²) in [6.07, 6.45) is 8.49. The van der Waals surface area contributed by atoms with Crippen LogP contribution in [0.15, 0.2) is 0 Å². The van der Waals surface area contributed by atoms with Crippen molar-refractivity contribution >= 4 is 0 Å². The van der Waals surface area contributed by atoms with Crippen LogP contribution in [0.1, 0.15) is 71.1 Å². The third-order valence-corrected chi connectivity index (χ3v) is 7.25. The highest BCUT2D eigenvalue weighted by Gasteiger charge is 2.42. The normalized spacial score (nSPS) is 49.0. The Kier molecular flexibility index (Phi) is 5.98. The van der Waals surface area contributed by atoms with Crippen molar-refractivity contribution in [1.29, 1.82) is 0 Å². The molecule has 0 spiro atoms. The molecule has 1 nitrogen and oxygen atoms in total. The summed E-state index contributed by atoms with van der Waals surface area (Å²) < 4.78 is 34.2. The molecule has 0 heterocycles. The molecule has 0 aliphatic heterocycles. The zero-order chi connectivity index (χ0) is 16.4. The smallest absolute Gasteiger partial charge is 0.126 e. The highest BCUT2D eigenvalue weighted by molar-refractivity contribution is 4.92. The maximum atomic E-state index is 14.9. The van der Waals surface area contributed by atoms with Crippen molar-refractivity contribution in [2.45, 2.75) is 89.6 Å². The Bertz CT molecular complexity index is 367. The zero-order valence-electron chi connectivity index (χ0n) is 14.9. The van der Waals surface area contributed by atoms with Crippen LogP contribution in [0, 0.1) is 29.6 Å². The lowest BCUT2D eigenvalue weighted by Crippen LogP contribution is -2.40. The quantitative estimate of drug-likeness (QED) is 0.644. The van der Waals surface area contributed by atoms with Crippen molar-refractivity contribution in [3.63, 3.8) is 0 Å². The van der Waals surface area contributed by atoms with Gasteiger partial charge in [0.2, 0.25) is 0 Å². The maximum Gasteiger partial charge on any atom is 0.126 e. The van der Waals surface area contributed by atoms with E-state index in [4.69, 9.17) is 4.74 Å². The summed E-state index contributed by atoms with van der Waals surface area (Å²) in [5.41, 5.74) is 0. The second-order valence-corrected chi connectivity index (χ2v) is 8.64. The predicted octanol–water partition coefficient (Wildman–Crippen LogP) is 5.72. The molecule has 134 valence electrons. The van der Waals surface area contributed by atoms with E-state index in [0.717, 1.165) is 37.5 Å². The highest BCUT2D eigenvalue weighted by Crippen LogP contribution is 2.46. The number of hydrogen-bond acceptors (Lipinski definition) is 1. The van der Waals surface area contributed by atoms with E-state index < -0.39 is 12.3 Å². The Labute approximate surface area is 140 Å². The van der Waals surface area contributed by atoms with Gasteiger partial charge in [0.05, 0.1) is 6.10 Å². The van der Waals surface area contributed by atoms with E-state index in [-0.39, 0.29) is 17.9 Å². The molecule has 3 aliphatic rings. The van der Waals surface area contributed by atoms with E-state index in [2.05, 4.69) is 6.92 Å². The van der Waals surface area contributed by atoms with Crippen LogP contribution < -0.4 is 0 Å². The standard InChI is InChI=1S/C20H34F2O/c1-13-3-5-14(6-4-13)15-7-9-17(18(21)11-15)16-8-10-20(23-2)19(22)12-16/h13-20H,3-12H2,1-2H3. The molecule has 3 saturated carbocycles. The minimum atomic E-state index is -0.900. The van der Waals surface area contributed by atoms with E-state index >= 15 is 0 Å². The molecular weight excluding hydrogens is 294 g/mol. The summed E-state index contributed by atoms with van der Waals surface area (Å²) in [4.78, 5) is 0. The summed E-state index contributed by atoms with van der Waals surface area (Å²) in [6.45, 7) is 2.34. The van der Waals surface area contributed by atoms with Crippen LogP contribution in [-0.2, 0) is 4.74 Å². The second kappa shape index (κ2) is 7.80. The van der Waals surface area contributed by atoms with Gasteiger partial charge in [0.15, 0.2) is 0 Å². The van der Waals surface area contributed by atoms with Crippen molar-refractivity contribution in [1.82, 2.24) is 0 Å². The number of alkyl halides is 2. The molecule has 0 saturated heterocycles. The van der Waals surface area contributed by atoms with Crippen LogP contribution in [0.2, 0.25) is 0 Å². The van der Waals surface area contributed by atoms with Gasteiger partial charge in [-0.1, -0.05) is 19.8 Å². The van der Waals surface area contributed by atoms with Gasteiger partial charge in [-0.15, -0.1) is 0 Å². The fraction of sp³-hybridized carbons (Fsp3) is 1.00. The lowest BCUT2D eigenvalue weighted by Gasteiger charge is -2.43. The van der Waals surface area contributed by atoms with E-state index in [0.29, 0.717) is 12.3 Å². The minimum absolute atomic E-state index is 0.102. The largest absolute Gasteiger partial charge is 0.378 e. The van der Waals surface area contributed by atoms with Gasteiger partial charge in [-0.3, -0.25) is 0 Å². The molecule has 3 aliphatic carbocycles. The fourth-order valence-electron chi connectivity index (χ4n) is 5.66. The van der Waals surface area contributed by atoms with Gasteiger partial charge in [-0.05, 0) is 81.0 Å². The third-order valence-electron chi connectivity index (χ3n) is 7.25. The minimum Gasteiger partial charge on any atom is -0.378 e. The summed E-state index contributed by atoms with van der Waals surface area (Å²) >= 11 is 0. The molecule has 0 aromatic heterocycles. The molecule has 0 N–H and O–H groups in total. The van der Waals surface area contributed by atoms with Gasteiger partial charge in [0.25, 0.3) is 0 Å². The molecule has 0 aromatic carbocycles. The van der Waals surface area contributed by atoms with Gasteiger partial charge < -0.3 is 4.74 Å². The van der Waals surface area contributed by atoms with Gasteiger partial charge in [-0.2, -0.15) is 0 Å². The SMILES string of the molecule is COC1CCC(C2CCC(C3CCC(C)CC3)CC2F)CC1F. The van der Waals surface area contributed by atoms with Crippen LogP contribution in [0.3, 0.4) is 0 Å². The molecule has 0 aromatic rings. The lowest BCUT2D eigenvalue weighted by molar-refractivity contribution is -0.0372. The highest BCUT2D eigenvalue weighted by atomic mass is 19.1. The van der Waals surface area contributed by atoms with Crippen molar-refractivity contribution < 1.29 is 13.5 Å². The maximum absolute atomic E-state index is 14.9. The van der Waals surface area contributed by atoms with Crippen LogP contribution in [-0.4, -0.2) is 25.6 Å². The molecule has 6 atom stereocenters. The Morgan fingerprint density at radius 1 is 0.696 bits per heavy atom. The lowest BCUT2D eigenvalue weighted by atomic mass is 9.65. The Morgan fingerprint density at radius 2 is 1.30 bits per heavy atom. The van der Waals surface area contributed by atoms with Crippen LogP contribution in [0.5, 0.6) is 0 Å². The Morgan fingerprint density at radius 3 is 1.91 bits per heavy atom. The van der Waals surface area contributed by atoms with E-state index in [1.165, 1.54) is 32.1 Å². The van der Waals surface area contributed by atoms with Gasteiger partial charge in [-0.25, -0.2) is 8.78 Å². The van der Waals surface area contributed by atoms with Gasteiger partial charge >= 0.3 is 0 Å². The molecule has 0 radical (unpaired) electrons. The Balaban J connectivity index is 1.51.